The molecule has 5 nitrogen and oxygen atoms in total. The van der Waals surface area contributed by atoms with Crippen LogP contribution in [0.3, 0.4) is 0 Å². The first kappa shape index (κ1) is 11.6. The van der Waals surface area contributed by atoms with Crippen LogP contribution in [0.25, 0.3) is 11.4 Å². The molecule has 0 unspecified atom stereocenters. The fraction of sp³-hybridized carbons (Fsp3) is 0.333. The van der Waals surface area contributed by atoms with Gasteiger partial charge in [0.1, 0.15) is 5.75 Å². The number of rotatable bonds is 3. The summed E-state index contributed by atoms with van der Waals surface area (Å²) in [5, 5.41) is 13.9. The van der Waals surface area contributed by atoms with E-state index in [1.807, 2.05) is 26.0 Å². The Balaban J connectivity index is 2.48. The van der Waals surface area contributed by atoms with Gasteiger partial charge in [-0.15, -0.1) is 0 Å². The second-order valence-electron chi connectivity index (χ2n) is 4.11. The second-order valence-corrected chi connectivity index (χ2v) is 4.11. The van der Waals surface area contributed by atoms with Crippen LogP contribution in [0.4, 0.5) is 0 Å². The summed E-state index contributed by atoms with van der Waals surface area (Å²) in [6.45, 7) is 4.22. The van der Waals surface area contributed by atoms with Gasteiger partial charge in [-0.2, -0.15) is 4.98 Å². The minimum absolute atomic E-state index is 0.192. The zero-order valence-electron chi connectivity index (χ0n) is 9.84. The van der Waals surface area contributed by atoms with E-state index in [2.05, 4.69) is 10.1 Å². The molecule has 0 saturated carbocycles. The maximum Gasteiger partial charge on any atom is 0.240 e. The molecule has 2 rings (SSSR count). The molecule has 0 fully saturated rings. The van der Waals surface area contributed by atoms with Crippen molar-refractivity contribution in [3.63, 3.8) is 0 Å². The first-order chi connectivity index (χ1) is 8.13. The van der Waals surface area contributed by atoms with E-state index < -0.39 is 0 Å². The van der Waals surface area contributed by atoms with E-state index in [-0.39, 0.29) is 18.2 Å². The van der Waals surface area contributed by atoms with Crippen LogP contribution in [0.1, 0.15) is 31.2 Å². The Morgan fingerprint density at radius 1 is 1.41 bits per heavy atom. The van der Waals surface area contributed by atoms with Crippen LogP contribution in [0.2, 0.25) is 0 Å². The number of nitrogens with zero attached hydrogens (tertiary/aromatic N) is 2. The number of benzene rings is 1. The molecule has 2 aromatic rings. The SMILES string of the molecule is CC(C)c1cccc(-c2noc(CN)n2)c1O. The summed E-state index contributed by atoms with van der Waals surface area (Å²) in [6, 6.07) is 5.50. The van der Waals surface area contributed by atoms with Gasteiger partial charge < -0.3 is 15.4 Å². The van der Waals surface area contributed by atoms with E-state index in [4.69, 9.17) is 10.3 Å². The molecule has 0 bridgehead atoms. The Morgan fingerprint density at radius 2 is 2.18 bits per heavy atom. The van der Waals surface area contributed by atoms with Crippen molar-refractivity contribution in [1.29, 1.82) is 0 Å². The normalized spacial score (nSPS) is 11.1. The lowest BCUT2D eigenvalue weighted by atomic mass is 9.99. The van der Waals surface area contributed by atoms with Crippen molar-refractivity contribution >= 4 is 0 Å². The highest BCUT2D eigenvalue weighted by molar-refractivity contribution is 5.66. The van der Waals surface area contributed by atoms with E-state index in [0.29, 0.717) is 17.3 Å². The molecule has 0 saturated heterocycles. The molecule has 90 valence electrons. The van der Waals surface area contributed by atoms with Crippen LogP contribution in [0.5, 0.6) is 5.75 Å². The van der Waals surface area contributed by atoms with E-state index in [1.54, 1.807) is 6.07 Å². The monoisotopic (exact) mass is 233 g/mol. The van der Waals surface area contributed by atoms with Crippen LogP contribution in [0, 0.1) is 0 Å². The van der Waals surface area contributed by atoms with Gasteiger partial charge in [0, 0.05) is 0 Å². The van der Waals surface area contributed by atoms with Crippen molar-refractivity contribution in [3.8, 4) is 17.1 Å². The Hall–Kier alpha value is -1.88. The van der Waals surface area contributed by atoms with E-state index in [9.17, 15) is 5.11 Å². The number of aromatic hydroxyl groups is 1. The van der Waals surface area contributed by atoms with Gasteiger partial charge in [0.05, 0.1) is 12.1 Å². The van der Waals surface area contributed by atoms with Gasteiger partial charge >= 0.3 is 0 Å². The Bertz CT molecular complexity index is 520. The summed E-state index contributed by atoms with van der Waals surface area (Å²) in [4.78, 5) is 4.10. The van der Waals surface area contributed by atoms with E-state index in [0.717, 1.165) is 5.56 Å². The van der Waals surface area contributed by atoms with Gasteiger partial charge in [-0.05, 0) is 17.5 Å². The minimum atomic E-state index is 0.192. The van der Waals surface area contributed by atoms with Crippen molar-refractivity contribution in [2.24, 2.45) is 5.73 Å². The minimum Gasteiger partial charge on any atom is -0.507 e. The molecule has 1 aromatic carbocycles. The number of nitrogens with two attached hydrogens (primary N) is 1. The molecule has 0 spiro atoms. The predicted octanol–water partition coefficient (Wildman–Crippen LogP) is 2.02. The molecule has 3 N–H and O–H groups in total. The highest BCUT2D eigenvalue weighted by atomic mass is 16.5. The van der Waals surface area contributed by atoms with Gasteiger partial charge in [0.15, 0.2) is 0 Å². The Morgan fingerprint density at radius 3 is 2.76 bits per heavy atom. The van der Waals surface area contributed by atoms with Gasteiger partial charge in [-0.3, -0.25) is 0 Å². The van der Waals surface area contributed by atoms with Crippen LogP contribution in [-0.4, -0.2) is 15.2 Å². The summed E-state index contributed by atoms with van der Waals surface area (Å²) >= 11 is 0. The van der Waals surface area contributed by atoms with Crippen LogP contribution < -0.4 is 5.73 Å². The number of phenolic OH excluding ortho intramolecular Hbond substituents is 1. The summed E-state index contributed by atoms with van der Waals surface area (Å²) in [5.41, 5.74) is 6.83. The Labute approximate surface area is 99.3 Å². The van der Waals surface area contributed by atoms with Gasteiger partial charge in [-0.1, -0.05) is 31.1 Å². The second kappa shape index (κ2) is 4.55. The number of phenols is 1. The number of hydrogen-bond acceptors (Lipinski definition) is 5. The lowest BCUT2D eigenvalue weighted by molar-refractivity contribution is 0.380. The first-order valence-corrected chi connectivity index (χ1v) is 5.48. The summed E-state index contributed by atoms with van der Waals surface area (Å²) < 4.78 is 4.93. The largest absolute Gasteiger partial charge is 0.507 e. The van der Waals surface area contributed by atoms with Crippen molar-refractivity contribution in [2.45, 2.75) is 26.3 Å². The summed E-state index contributed by atoms with van der Waals surface area (Å²) in [5.74, 6) is 1.16. The van der Waals surface area contributed by atoms with Crippen LogP contribution in [-0.2, 0) is 6.54 Å². The number of para-hydroxylation sites is 1. The van der Waals surface area contributed by atoms with E-state index >= 15 is 0 Å². The molecule has 0 aliphatic heterocycles. The van der Waals surface area contributed by atoms with Crippen LogP contribution >= 0.6 is 0 Å². The third-order valence-electron chi connectivity index (χ3n) is 2.57. The maximum absolute atomic E-state index is 10.1. The van der Waals surface area contributed by atoms with E-state index in [1.165, 1.54) is 0 Å². The topological polar surface area (TPSA) is 85.2 Å². The molecule has 5 heteroatoms. The molecule has 0 amide bonds. The highest BCUT2D eigenvalue weighted by Crippen LogP contribution is 2.34. The third kappa shape index (κ3) is 2.14. The molecular weight excluding hydrogens is 218 g/mol. The molecule has 0 radical (unpaired) electrons. The smallest absolute Gasteiger partial charge is 0.240 e. The lowest BCUT2D eigenvalue weighted by Crippen LogP contribution is -1.96. The molecule has 0 aliphatic rings. The zero-order valence-corrected chi connectivity index (χ0v) is 9.84. The van der Waals surface area contributed by atoms with Crippen molar-refractivity contribution < 1.29 is 9.63 Å². The molecular formula is C12H15N3O2. The molecule has 1 aromatic heterocycles. The van der Waals surface area contributed by atoms with Gasteiger partial charge in [0.2, 0.25) is 11.7 Å². The average Bonchev–Trinajstić information content (AvgIpc) is 2.77. The fourth-order valence-corrected chi connectivity index (χ4v) is 1.65. The Kier molecular flexibility index (Phi) is 3.10. The third-order valence-corrected chi connectivity index (χ3v) is 2.57. The average molecular weight is 233 g/mol. The molecule has 17 heavy (non-hydrogen) atoms. The molecule has 1 heterocycles. The summed E-state index contributed by atoms with van der Waals surface area (Å²) in [6.07, 6.45) is 0. The molecule has 0 atom stereocenters. The maximum atomic E-state index is 10.1. The molecule has 0 aliphatic carbocycles. The highest BCUT2D eigenvalue weighted by Gasteiger charge is 2.15. The lowest BCUT2D eigenvalue weighted by Gasteiger charge is -2.09. The number of aromatic nitrogens is 2. The number of hydrogen-bond donors (Lipinski definition) is 2. The van der Waals surface area contributed by atoms with Gasteiger partial charge in [0.25, 0.3) is 0 Å². The summed E-state index contributed by atoms with van der Waals surface area (Å²) in [7, 11) is 0. The van der Waals surface area contributed by atoms with Crippen molar-refractivity contribution in [2.75, 3.05) is 0 Å². The van der Waals surface area contributed by atoms with Gasteiger partial charge in [-0.25, -0.2) is 0 Å². The van der Waals surface area contributed by atoms with Crippen molar-refractivity contribution in [1.82, 2.24) is 10.1 Å². The fourth-order valence-electron chi connectivity index (χ4n) is 1.65. The van der Waals surface area contributed by atoms with Crippen molar-refractivity contribution in [3.05, 3.63) is 29.7 Å². The zero-order chi connectivity index (χ0) is 12.4. The quantitative estimate of drug-likeness (QED) is 0.847. The first-order valence-electron chi connectivity index (χ1n) is 5.48. The predicted molar refractivity (Wildman–Crippen MR) is 63.4 cm³/mol. The standard InChI is InChI=1S/C12H15N3O2/c1-7(2)8-4-3-5-9(11(8)16)12-14-10(6-13)17-15-12/h3-5,7,16H,6,13H2,1-2H3. The van der Waals surface area contributed by atoms with Crippen LogP contribution in [0.15, 0.2) is 22.7 Å².